The Morgan fingerprint density at radius 3 is 2.88 bits per heavy atom. The predicted octanol–water partition coefficient (Wildman–Crippen LogP) is 0.370. The van der Waals surface area contributed by atoms with Gasteiger partial charge in [0.1, 0.15) is 12.2 Å². The molecule has 0 aromatic rings. The molecule has 1 N–H and O–H groups in total. The van der Waals surface area contributed by atoms with Crippen molar-refractivity contribution in [3.63, 3.8) is 0 Å². The maximum Gasteiger partial charge on any atom is 0.336 e. The minimum absolute atomic E-state index is 0.380. The fourth-order valence-corrected chi connectivity index (χ4v) is 2.13. The van der Waals surface area contributed by atoms with Crippen molar-refractivity contribution in [1.29, 1.82) is 0 Å². The number of esters is 1. The molecule has 1 aliphatic carbocycles. The van der Waals surface area contributed by atoms with Crippen LogP contribution in [0.2, 0.25) is 0 Å². The lowest BCUT2D eigenvalue weighted by molar-refractivity contribution is -0.153. The number of methoxy groups -OCH3 is 1. The number of ether oxygens (including phenoxy) is 3. The second kappa shape index (κ2) is 3.84. The highest BCUT2D eigenvalue weighted by Gasteiger charge is 2.49. The van der Waals surface area contributed by atoms with E-state index in [1.807, 2.05) is 0 Å². The first kappa shape index (κ1) is 11.6. The third kappa shape index (κ3) is 1.86. The molecule has 0 amide bonds. The minimum Gasteiger partial charge on any atom is -0.466 e. The number of carbonyl (C=O) groups is 1. The number of carbonyl (C=O) groups excluding carboxylic acids is 1. The van der Waals surface area contributed by atoms with Crippen molar-refractivity contribution < 1.29 is 24.1 Å². The predicted molar refractivity (Wildman–Crippen MR) is 54.5 cm³/mol. The lowest BCUT2D eigenvalue weighted by Crippen LogP contribution is -2.41. The van der Waals surface area contributed by atoms with Crippen LogP contribution in [-0.4, -0.2) is 42.3 Å². The second-order valence-electron chi connectivity index (χ2n) is 4.47. The van der Waals surface area contributed by atoms with Crippen LogP contribution in [0.1, 0.15) is 20.3 Å². The van der Waals surface area contributed by atoms with Gasteiger partial charge in [-0.2, -0.15) is 0 Å². The Balaban J connectivity index is 2.26. The smallest absolute Gasteiger partial charge is 0.336 e. The zero-order chi connectivity index (χ0) is 11.9. The number of fused-ring (bicyclic) bond motifs is 1. The second-order valence-corrected chi connectivity index (χ2v) is 4.47. The Hall–Kier alpha value is -0.910. The van der Waals surface area contributed by atoms with E-state index in [-0.39, 0.29) is 0 Å². The SMILES string of the molecule is COC(=O)C1=CC[C@H](O)[C@H]2OC(C)(C)O[C@@H]12. The molecular weight excluding hydrogens is 212 g/mol. The Morgan fingerprint density at radius 2 is 2.25 bits per heavy atom. The van der Waals surface area contributed by atoms with Gasteiger partial charge in [0.05, 0.1) is 18.8 Å². The van der Waals surface area contributed by atoms with E-state index in [9.17, 15) is 9.90 Å². The standard InChI is InChI=1S/C11H16O5/c1-11(2)15-8-6(10(13)14-3)4-5-7(12)9(8)16-11/h4,7-9,12H,5H2,1-3H3/t7-,8-,9+/m0/s1. The van der Waals surface area contributed by atoms with E-state index >= 15 is 0 Å². The van der Waals surface area contributed by atoms with Crippen LogP contribution in [0.3, 0.4) is 0 Å². The van der Waals surface area contributed by atoms with Crippen LogP contribution in [0.4, 0.5) is 0 Å². The molecule has 0 aromatic heterocycles. The van der Waals surface area contributed by atoms with Crippen LogP contribution in [0.5, 0.6) is 0 Å². The molecule has 2 rings (SSSR count). The Labute approximate surface area is 94.0 Å². The molecule has 5 nitrogen and oxygen atoms in total. The van der Waals surface area contributed by atoms with Crippen LogP contribution < -0.4 is 0 Å². The van der Waals surface area contributed by atoms with Gasteiger partial charge in [-0.1, -0.05) is 6.08 Å². The summed E-state index contributed by atoms with van der Waals surface area (Å²) in [4.78, 5) is 11.5. The molecule has 1 heterocycles. The van der Waals surface area contributed by atoms with Crippen LogP contribution >= 0.6 is 0 Å². The first-order chi connectivity index (χ1) is 7.44. The highest BCUT2D eigenvalue weighted by Crippen LogP contribution is 2.37. The fourth-order valence-electron chi connectivity index (χ4n) is 2.13. The molecule has 90 valence electrons. The molecule has 5 heteroatoms. The molecule has 2 aliphatic rings. The molecule has 1 fully saturated rings. The number of aliphatic hydroxyl groups is 1. The van der Waals surface area contributed by atoms with Gasteiger partial charge in [0.2, 0.25) is 0 Å². The zero-order valence-corrected chi connectivity index (χ0v) is 9.60. The van der Waals surface area contributed by atoms with Crippen molar-refractivity contribution in [1.82, 2.24) is 0 Å². The lowest BCUT2D eigenvalue weighted by atomic mass is 9.91. The van der Waals surface area contributed by atoms with Gasteiger partial charge in [-0.05, 0) is 20.3 Å². The fraction of sp³-hybridized carbons (Fsp3) is 0.727. The summed E-state index contributed by atoms with van der Waals surface area (Å²) in [5.74, 6) is -1.21. The van der Waals surface area contributed by atoms with Gasteiger partial charge in [-0.3, -0.25) is 0 Å². The number of hydrogen-bond acceptors (Lipinski definition) is 5. The summed E-state index contributed by atoms with van der Waals surface area (Å²) < 4.78 is 15.9. The molecule has 0 saturated carbocycles. The Kier molecular flexibility index (Phi) is 2.77. The van der Waals surface area contributed by atoms with Crippen molar-refractivity contribution in [2.45, 2.75) is 44.4 Å². The van der Waals surface area contributed by atoms with Gasteiger partial charge >= 0.3 is 5.97 Å². The lowest BCUT2D eigenvalue weighted by Gasteiger charge is -2.26. The number of hydrogen-bond donors (Lipinski definition) is 1. The molecule has 3 atom stereocenters. The van der Waals surface area contributed by atoms with E-state index in [0.717, 1.165) is 0 Å². The van der Waals surface area contributed by atoms with Gasteiger partial charge in [0.15, 0.2) is 5.79 Å². The molecule has 16 heavy (non-hydrogen) atoms. The summed E-state index contributed by atoms with van der Waals surface area (Å²) in [6, 6.07) is 0. The maximum atomic E-state index is 11.5. The van der Waals surface area contributed by atoms with Gasteiger partial charge in [0.25, 0.3) is 0 Å². The minimum atomic E-state index is -0.784. The zero-order valence-electron chi connectivity index (χ0n) is 9.60. The molecule has 0 spiro atoms. The molecule has 0 unspecified atom stereocenters. The van der Waals surface area contributed by atoms with Crippen molar-refractivity contribution in [3.8, 4) is 0 Å². The summed E-state index contributed by atoms with van der Waals surface area (Å²) in [5, 5.41) is 9.78. The average molecular weight is 228 g/mol. The number of aliphatic hydroxyl groups excluding tert-OH is 1. The van der Waals surface area contributed by atoms with Crippen molar-refractivity contribution in [2.75, 3.05) is 7.11 Å². The van der Waals surface area contributed by atoms with Crippen LogP contribution in [0, 0.1) is 0 Å². The van der Waals surface area contributed by atoms with E-state index in [4.69, 9.17) is 9.47 Å². The van der Waals surface area contributed by atoms with Crippen molar-refractivity contribution >= 4 is 5.97 Å². The summed E-state index contributed by atoms with van der Waals surface area (Å²) in [5.41, 5.74) is 0.434. The van der Waals surface area contributed by atoms with Gasteiger partial charge in [-0.15, -0.1) is 0 Å². The maximum absolute atomic E-state index is 11.5. The average Bonchev–Trinajstić information content (AvgIpc) is 2.54. The summed E-state index contributed by atoms with van der Waals surface area (Å²) >= 11 is 0. The molecule has 0 radical (unpaired) electrons. The quantitative estimate of drug-likeness (QED) is 0.657. The first-order valence-corrected chi connectivity index (χ1v) is 5.26. The summed E-state index contributed by atoms with van der Waals surface area (Å²) in [6.07, 6.45) is 0.369. The van der Waals surface area contributed by atoms with Crippen LogP contribution in [-0.2, 0) is 19.0 Å². The largest absolute Gasteiger partial charge is 0.466 e. The Morgan fingerprint density at radius 1 is 1.56 bits per heavy atom. The monoisotopic (exact) mass is 228 g/mol. The van der Waals surface area contributed by atoms with Crippen molar-refractivity contribution in [2.24, 2.45) is 0 Å². The van der Waals surface area contributed by atoms with E-state index in [1.165, 1.54) is 7.11 Å². The third-order valence-electron chi connectivity index (χ3n) is 2.82. The van der Waals surface area contributed by atoms with Gasteiger partial charge in [-0.25, -0.2) is 4.79 Å². The molecule has 0 bridgehead atoms. The van der Waals surface area contributed by atoms with Gasteiger partial charge < -0.3 is 19.3 Å². The van der Waals surface area contributed by atoms with Crippen LogP contribution in [0.25, 0.3) is 0 Å². The Bertz CT molecular complexity index is 333. The first-order valence-electron chi connectivity index (χ1n) is 5.26. The van der Waals surface area contributed by atoms with E-state index in [0.29, 0.717) is 12.0 Å². The van der Waals surface area contributed by atoms with E-state index in [2.05, 4.69) is 4.74 Å². The normalized spacial score (nSPS) is 36.5. The molecule has 1 saturated heterocycles. The van der Waals surface area contributed by atoms with Crippen molar-refractivity contribution in [3.05, 3.63) is 11.6 Å². The third-order valence-corrected chi connectivity index (χ3v) is 2.82. The molecule has 0 aromatic carbocycles. The highest BCUT2D eigenvalue weighted by molar-refractivity contribution is 5.90. The molecular formula is C11H16O5. The van der Waals surface area contributed by atoms with Crippen LogP contribution in [0.15, 0.2) is 11.6 Å². The molecule has 1 aliphatic heterocycles. The summed E-state index contributed by atoms with van der Waals surface area (Å²) in [7, 11) is 1.32. The van der Waals surface area contributed by atoms with Gasteiger partial charge in [0, 0.05) is 0 Å². The topological polar surface area (TPSA) is 65.0 Å². The van der Waals surface area contributed by atoms with E-state index in [1.54, 1.807) is 19.9 Å². The highest BCUT2D eigenvalue weighted by atomic mass is 16.8. The van der Waals surface area contributed by atoms with E-state index < -0.39 is 30.1 Å². The number of rotatable bonds is 1. The summed E-state index contributed by atoms with van der Waals surface area (Å²) in [6.45, 7) is 3.51.